The molecule has 2 heterocycles. The standard InChI is InChI=1S/C20H30N2O4S/c1-15(2)21-19(23)18-12-22(14-20(18)8-10-26-11-9-20)27(24,25)13-17-6-4-16(3)5-7-17/h4-7,15,18H,8-14H2,1-3H3,(H,21,23). The summed E-state index contributed by atoms with van der Waals surface area (Å²) in [5.41, 5.74) is 1.55. The molecule has 0 bridgehead atoms. The highest BCUT2D eigenvalue weighted by Gasteiger charge is 2.53. The first-order chi connectivity index (χ1) is 12.7. The third-order valence-corrected chi connectivity index (χ3v) is 7.48. The molecule has 3 rings (SSSR count). The van der Waals surface area contributed by atoms with E-state index in [4.69, 9.17) is 4.74 Å². The zero-order chi connectivity index (χ0) is 19.7. The second kappa shape index (κ2) is 7.89. The summed E-state index contributed by atoms with van der Waals surface area (Å²) in [5.74, 6) is -0.394. The molecule has 0 radical (unpaired) electrons. The molecule has 6 nitrogen and oxygen atoms in total. The van der Waals surface area contributed by atoms with Gasteiger partial charge >= 0.3 is 0 Å². The van der Waals surface area contributed by atoms with E-state index in [2.05, 4.69) is 5.32 Å². The molecule has 2 saturated heterocycles. The van der Waals surface area contributed by atoms with Gasteiger partial charge in [-0.1, -0.05) is 29.8 Å². The molecule has 1 spiro atoms. The quantitative estimate of drug-likeness (QED) is 0.830. The zero-order valence-electron chi connectivity index (χ0n) is 16.4. The van der Waals surface area contributed by atoms with Crippen LogP contribution in [0.2, 0.25) is 0 Å². The highest BCUT2D eigenvalue weighted by Crippen LogP contribution is 2.45. The SMILES string of the molecule is Cc1ccc(CS(=O)(=O)N2CC(C(=O)NC(C)C)C3(CCOCC3)C2)cc1. The molecule has 1 aromatic carbocycles. The lowest BCUT2D eigenvalue weighted by Crippen LogP contribution is -2.46. The largest absolute Gasteiger partial charge is 0.381 e. The number of nitrogens with zero attached hydrogens (tertiary/aromatic N) is 1. The number of amides is 1. The van der Waals surface area contributed by atoms with Crippen molar-refractivity contribution < 1.29 is 17.9 Å². The summed E-state index contributed by atoms with van der Waals surface area (Å²) in [6.07, 6.45) is 1.44. The van der Waals surface area contributed by atoms with Gasteiger partial charge in [-0.2, -0.15) is 0 Å². The van der Waals surface area contributed by atoms with E-state index in [0.29, 0.717) is 19.8 Å². The van der Waals surface area contributed by atoms with E-state index in [1.54, 1.807) is 0 Å². The molecule has 1 aromatic rings. The van der Waals surface area contributed by atoms with Crippen LogP contribution in [0, 0.1) is 18.3 Å². The number of aryl methyl sites for hydroxylation is 1. The fourth-order valence-electron chi connectivity index (χ4n) is 4.15. The van der Waals surface area contributed by atoms with Crippen molar-refractivity contribution in [1.29, 1.82) is 0 Å². The average Bonchev–Trinajstić information content (AvgIpc) is 2.97. The monoisotopic (exact) mass is 394 g/mol. The first kappa shape index (κ1) is 20.3. The van der Waals surface area contributed by atoms with Crippen LogP contribution in [-0.2, 0) is 25.3 Å². The van der Waals surface area contributed by atoms with Gasteiger partial charge in [-0.3, -0.25) is 4.79 Å². The number of ether oxygens (including phenoxy) is 1. The van der Waals surface area contributed by atoms with E-state index in [9.17, 15) is 13.2 Å². The third kappa shape index (κ3) is 4.52. The van der Waals surface area contributed by atoms with Crippen LogP contribution in [-0.4, -0.2) is 51.0 Å². The van der Waals surface area contributed by atoms with Gasteiger partial charge in [-0.25, -0.2) is 12.7 Å². The van der Waals surface area contributed by atoms with E-state index in [0.717, 1.165) is 24.0 Å². The Morgan fingerprint density at radius 2 is 1.89 bits per heavy atom. The molecule has 0 saturated carbocycles. The molecule has 1 unspecified atom stereocenters. The van der Waals surface area contributed by atoms with Crippen molar-refractivity contribution >= 4 is 15.9 Å². The summed E-state index contributed by atoms with van der Waals surface area (Å²) in [4.78, 5) is 12.8. The minimum absolute atomic E-state index is 0.0294. The fourth-order valence-corrected chi connectivity index (χ4v) is 5.78. The zero-order valence-corrected chi connectivity index (χ0v) is 17.2. The molecule has 2 fully saturated rings. The number of benzene rings is 1. The van der Waals surface area contributed by atoms with Gasteiger partial charge in [-0.05, 0) is 39.2 Å². The van der Waals surface area contributed by atoms with Gasteiger partial charge < -0.3 is 10.1 Å². The topological polar surface area (TPSA) is 75.7 Å². The summed E-state index contributed by atoms with van der Waals surface area (Å²) in [6.45, 7) is 7.65. The second-order valence-electron chi connectivity index (χ2n) is 8.22. The Labute approximate surface area is 162 Å². The lowest BCUT2D eigenvalue weighted by atomic mass is 9.71. The second-order valence-corrected chi connectivity index (χ2v) is 10.2. The van der Waals surface area contributed by atoms with Crippen molar-refractivity contribution in [1.82, 2.24) is 9.62 Å². The smallest absolute Gasteiger partial charge is 0.225 e. The van der Waals surface area contributed by atoms with Gasteiger partial charge in [0.25, 0.3) is 0 Å². The molecule has 2 aliphatic rings. The average molecular weight is 395 g/mol. The molecular weight excluding hydrogens is 364 g/mol. The molecule has 27 heavy (non-hydrogen) atoms. The molecule has 1 amide bonds. The minimum atomic E-state index is -3.48. The summed E-state index contributed by atoms with van der Waals surface area (Å²) in [7, 11) is -3.48. The van der Waals surface area contributed by atoms with Crippen LogP contribution < -0.4 is 5.32 Å². The van der Waals surface area contributed by atoms with Gasteiger partial charge in [0.1, 0.15) is 0 Å². The molecule has 150 valence electrons. The number of sulfonamides is 1. The number of carbonyl (C=O) groups is 1. The first-order valence-electron chi connectivity index (χ1n) is 9.63. The number of hydrogen-bond acceptors (Lipinski definition) is 4. The predicted molar refractivity (Wildman–Crippen MR) is 105 cm³/mol. The molecule has 1 atom stereocenters. The Balaban J connectivity index is 1.81. The number of hydrogen-bond donors (Lipinski definition) is 1. The van der Waals surface area contributed by atoms with Crippen molar-refractivity contribution in [3.8, 4) is 0 Å². The van der Waals surface area contributed by atoms with Crippen LogP contribution in [0.15, 0.2) is 24.3 Å². The lowest BCUT2D eigenvalue weighted by Gasteiger charge is -2.37. The third-order valence-electron chi connectivity index (χ3n) is 5.72. The predicted octanol–water partition coefficient (Wildman–Crippen LogP) is 2.08. The van der Waals surface area contributed by atoms with E-state index in [1.165, 1.54) is 4.31 Å². The highest BCUT2D eigenvalue weighted by molar-refractivity contribution is 7.88. The fraction of sp³-hybridized carbons (Fsp3) is 0.650. The Hall–Kier alpha value is -1.44. The molecule has 7 heteroatoms. The Morgan fingerprint density at radius 3 is 2.48 bits per heavy atom. The van der Waals surface area contributed by atoms with E-state index in [-0.39, 0.29) is 35.6 Å². The van der Waals surface area contributed by atoms with Crippen molar-refractivity contribution in [3.05, 3.63) is 35.4 Å². The van der Waals surface area contributed by atoms with E-state index >= 15 is 0 Å². The van der Waals surface area contributed by atoms with Crippen LogP contribution in [0.5, 0.6) is 0 Å². The minimum Gasteiger partial charge on any atom is -0.381 e. The number of carbonyl (C=O) groups excluding carboxylic acids is 1. The van der Waals surface area contributed by atoms with Crippen LogP contribution in [0.25, 0.3) is 0 Å². The maximum Gasteiger partial charge on any atom is 0.225 e. The summed E-state index contributed by atoms with van der Waals surface area (Å²) in [6, 6.07) is 7.60. The van der Waals surface area contributed by atoms with Crippen LogP contribution >= 0.6 is 0 Å². The summed E-state index contributed by atoms with van der Waals surface area (Å²) >= 11 is 0. The molecule has 0 aromatic heterocycles. The van der Waals surface area contributed by atoms with E-state index in [1.807, 2.05) is 45.0 Å². The lowest BCUT2D eigenvalue weighted by molar-refractivity contribution is -0.130. The maximum atomic E-state index is 13.1. The summed E-state index contributed by atoms with van der Waals surface area (Å²) < 4.78 is 33.2. The van der Waals surface area contributed by atoms with Crippen LogP contribution in [0.1, 0.15) is 37.8 Å². The Kier molecular flexibility index (Phi) is 5.93. The Morgan fingerprint density at radius 1 is 1.26 bits per heavy atom. The van der Waals surface area contributed by atoms with Gasteiger partial charge in [0, 0.05) is 37.8 Å². The maximum absolute atomic E-state index is 13.1. The summed E-state index contributed by atoms with van der Waals surface area (Å²) in [5, 5.41) is 2.98. The first-order valence-corrected chi connectivity index (χ1v) is 11.2. The van der Waals surface area contributed by atoms with Crippen molar-refractivity contribution in [3.63, 3.8) is 0 Å². The van der Waals surface area contributed by atoms with Crippen molar-refractivity contribution in [2.45, 2.75) is 45.4 Å². The van der Waals surface area contributed by atoms with E-state index < -0.39 is 10.0 Å². The van der Waals surface area contributed by atoms with Gasteiger partial charge in [0.15, 0.2) is 0 Å². The molecule has 0 aliphatic carbocycles. The highest BCUT2D eigenvalue weighted by atomic mass is 32.2. The van der Waals surface area contributed by atoms with Gasteiger partial charge in [0.05, 0.1) is 11.7 Å². The molecular formula is C20H30N2O4S. The van der Waals surface area contributed by atoms with Crippen LogP contribution in [0.4, 0.5) is 0 Å². The number of rotatable bonds is 5. The van der Waals surface area contributed by atoms with Gasteiger partial charge in [-0.15, -0.1) is 0 Å². The Bertz CT molecular complexity index is 768. The molecule has 2 aliphatic heterocycles. The van der Waals surface area contributed by atoms with Crippen molar-refractivity contribution in [2.75, 3.05) is 26.3 Å². The normalized spacial score (nSPS) is 23.0. The number of nitrogens with one attached hydrogen (secondary N) is 1. The van der Waals surface area contributed by atoms with Gasteiger partial charge in [0.2, 0.25) is 15.9 Å². The van der Waals surface area contributed by atoms with Crippen LogP contribution in [0.3, 0.4) is 0 Å². The molecule has 1 N–H and O–H groups in total. The van der Waals surface area contributed by atoms with Crippen molar-refractivity contribution in [2.24, 2.45) is 11.3 Å².